The van der Waals surface area contributed by atoms with Crippen LogP contribution in [0.4, 0.5) is 0 Å². The molecule has 1 aromatic carbocycles. The highest BCUT2D eigenvalue weighted by molar-refractivity contribution is 7.10. The molecule has 2 atom stereocenters. The maximum absolute atomic E-state index is 12.9. The van der Waals surface area contributed by atoms with E-state index in [1.807, 2.05) is 23.6 Å². The average molecular weight is 366 g/mol. The van der Waals surface area contributed by atoms with Crippen molar-refractivity contribution in [2.24, 2.45) is 0 Å². The van der Waals surface area contributed by atoms with Crippen LogP contribution in [0.15, 0.2) is 42.3 Å². The molecule has 1 heterocycles. The van der Waals surface area contributed by atoms with Gasteiger partial charge in [-0.05, 0) is 54.9 Å². The van der Waals surface area contributed by atoms with Gasteiger partial charge in [0.15, 0.2) is 0 Å². The molecule has 4 nitrogen and oxygen atoms in total. The molecular formula is C21H22N2O2S. The van der Waals surface area contributed by atoms with Gasteiger partial charge in [-0.25, -0.2) is 0 Å². The standard InChI is InChI=1S/C21H22N2O2S/c1-2-19(24)23-20-14-8-4-3-7-13(14)11-17(20)22-21(25)16-12-26-18-10-6-5-9-15(16)18/h2-4,7-8,12,17,20H,1,5-6,9-11H2,(H,22,25)(H,23,24)/t17-,20-/m1/s1. The SMILES string of the molecule is C=CC(=O)N[C@@H]1c2ccccc2C[C@H]1NC(=O)c1csc2c1CCCC2. The van der Waals surface area contributed by atoms with Gasteiger partial charge in [0.2, 0.25) is 5.91 Å². The Hall–Kier alpha value is -2.40. The Morgan fingerprint density at radius 2 is 1.96 bits per heavy atom. The summed E-state index contributed by atoms with van der Waals surface area (Å²) < 4.78 is 0. The molecule has 2 aromatic rings. The molecule has 2 aliphatic carbocycles. The number of hydrogen-bond donors (Lipinski definition) is 2. The summed E-state index contributed by atoms with van der Waals surface area (Å²) in [5.41, 5.74) is 4.27. The summed E-state index contributed by atoms with van der Waals surface area (Å²) in [4.78, 5) is 26.2. The molecule has 1 aromatic heterocycles. The van der Waals surface area contributed by atoms with Crippen LogP contribution >= 0.6 is 11.3 Å². The molecule has 0 radical (unpaired) electrons. The first-order valence-corrected chi connectivity index (χ1v) is 9.96. The Morgan fingerprint density at radius 1 is 1.15 bits per heavy atom. The molecule has 0 unspecified atom stereocenters. The van der Waals surface area contributed by atoms with Crippen molar-refractivity contribution in [2.45, 2.75) is 44.2 Å². The molecule has 0 bridgehead atoms. The fourth-order valence-corrected chi connectivity index (χ4v) is 5.18. The smallest absolute Gasteiger partial charge is 0.252 e. The monoisotopic (exact) mass is 366 g/mol. The van der Waals surface area contributed by atoms with Gasteiger partial charge in [0.25, 0.3) is 5.91 Å². The lowest BCUT2D eigenvalue weighted by Crippen LogP contribution is -2.44. The maximum atomic E-state index is 12.9. The van der Waals surface area contributed by atoms with Crippen molar-refractivity contribution in [1.29, 1.82) is 0 Å². The van der Waals surface area contributed by atoms with Gasteiger partial charge in [-0.15, -0.1) is 11.3 Å². The number of thiophene rings is 1. The van der Waals surface area contributed by atoms with Gasteiger partial charge in [0.05, 0.1) is 17.6 Å². The van der Waals surface area contributed by atoms with Crippen molar-refractivity contribution < 1.29 is 9.59 Å². The summed E-state index contributed by atoms with van der Waals surface area (Å²) in [7, 11) is 0. The van der Waals surface area contributed by atoms with Crippen molar-refractivity contribution >= 4 is 23.2 Å². The summed E-state index contributed by atoms with van der Waals surface area (Å²) in [6.07, 6.45) is 6.42. The van der Waals surface area contributed by atoms with Crippen molar-refractivity contribution in [3.05, 3.63) is 69.4 Å². The summed E-state index contributed by atoms with van der Waals surface area (Å²) in [6, 6.07) is 7.65. The van der Waals surface area contributed by atoms with E-state index in [0.717, 1.165) is 36.8 Å². The first-order valence-electron chi connectivity index (χ1n) is 9.08. The van der Waals surface area contributed by atoms with Gasteiger partial charge in [-0.3, -0.25) is 9.59 Å². The molecule has 0 spiro atoms. The van der Waals surface area contributed by atoms with Crippen LogP contribution in [0.2, 0.25) is 0 Å². The number of carbonyl (C=O) groups is 2. The van der Waals surface area contributed by atoms with Gasteiger partial charge < -0.3 is 10.6 Å². The van der Waals surface area contributed by atoms with E-state index in [0.29, 0.717) is 0 Å². The highest BCUT2D eigenvalue weighted by Gasteiger charge is 2.34. The van der Waals surface area contributed by atoms with E-state index in [1.165, 1.54) is 28.5 Å². The van der Waals surface area contributed by atoms with Crippen LogP contribution in [0.5, 0.6) is 0 Å². The second kappa shape index (κ2) is 7.08. The van der Waals surface area contributed by atoms with E-state index >= 15 is 0 Å². The zero-order chi connectivity index (χ0) is 18.1. The molecular weight excluding hydrogens is 344 g/mol. The fourth-order valence-electron chi connectivity index (χ4n) is 4.05. The van der Waals surface area contributed by atoms with Gasteiger partial charge in [-0.1, -0.05) is 30.8 Å². The molecule has 0 saturated heterocycles. The Kier molecular flexibility index (Phi) is 4.64. The zero-order valence-electron chi connectivity index (χ0n) is 14.6. The van der Waals surface area contributed by atoms with Gasteiger partial charge in [-0.2, -0.15) is 0 Å². The number of amides is 2. The largest absolute Gasteiger partial charge is 0.347 e. The van der Waals surface area contributed by atoms with Crippen LogP contribution < -0.4 is 10.6 Å². The van der Waals surface area contributed by atoms with Crippen molar-refractivity contribution in [3.8, 4) is 0 Å². The van der Waals surface area contributed by atoms with E-state index in [9.17, 15) is 9.59 Å². The Labute approximate surface area is 157 Å². The summed E-state index contributed by atoms with van der Waals surface area (Å²) in [5, 5.41) is 8.15. The van der Waals surface area contributed by atoms with Crippen LogP contribution in [0.25, 0.3) is 0 Å². The van der Waals surface area contributed by atoms with E-state index < -0.39 is 0 Å². The van der Waals surface area contributed by atoms with Crippen LogP contribution in [0.1, 0.15) is 50.8 Å². The molecule has 134 valence electrons. The Morgan fingerprint density at radius 3 is 2.81 bits per heavy atom. The van der Waals surface area contributed by atoms with E-state index in [4.69, 9.17) is 0 Å². The number of hydrogen-bond acceptors (Lipinski definition) is 3. The number of carbonyl (C=O) groups excluding carboxylic acids is 2. The Balaban J connectivity index is 1.56. The molecule has 0 fully saturated rings. The quantitative estimate of drug-likeness (QED) is 0.816. The number of benzene rings is 1. The third-order valence-electron chi connectivity index (χ3n) is 5.34. The van der Waals surface area contributed by atoms with Crippen LogP contribution in [-0.2, 0) is 24.1 Å². The lowest BCUT2D eigenvalue weighted by atomic mass is 9.95. The lowest BCUT2D eigenvalue weighted by molar-refractivity contribution is -0.117. The van der Waals surface area contributed by atoms with Crippen molar-refractivity contribution in [3.63, 3.8) is 0 Å². The maximum Gasteiger partial charge on any atom is 0.252 e. The average Bonchev–Trinajstić information content (AvgIpc) is 3.23. The molecule has 26 heavy (non-hydrogen) atoms. The third kappa shape index (κ3) is 3.07. The van der Waals surface area contributed by atoms with Crippen molar-refractivity contribution in [1.82, 2.24) is 10.6 Å². The fraction of sp³-hybridized carbons (Fsp3) is 0.333. The second-order valence-corrected chi connectivity index (χ2v) is 7.90. The van der Waals surface area contributed by atoms with Gasteiger partial charge in [0.1, 0.15) is 0 Å². The predicted octanol–water partition coefficient (Wildman–Crippen LogP) is 3.32. The first kappa shape index (κ1) is 17.0. The topological polar surface area (TPSA) is 58.2 Å². The number of nitrogens with one attached hydrogen (secondary N) is 2. The minimum atomic E-state index is -0.227. The second-order valence-electron chi connectivity index (χ2n) is 6.93. The molecule has 2 aliphatic rings. The minimum absolute atomic E-state index is 0.0277. The third-order valence-corrected chi connectivity index (χ3v) is 6.43. The number of fused-ring (bicyclic) bond motifs is 2. The summed E-state index contributed by atoms with van der Waals surface area (Å²) in [5.74, 6) is -0.251. The number of aryl methyl sites for hydroxylation is 1. The van der Waals surface area contributed by atoms with Crippen LogP contribution in [0, 0.1) is 0 Å². The summed E-state index contributed by atoms with van der Waals surface area (Å²) >= 11 is 1.70. The predicted molar refractivity (Wildman–Crippen MR) is 103 cm³/mol. The lowest BCUT2D eigenvalue weighted by Gasteiger charge is -2.23. The molecule has 0 aliphatic heterocycles. The minimum Gasteiger partial charge on any atom is -0.347 e. The van der Waals surface area contributed by atoms with Gasteiger partial charge >= 0.3 is 0 Å². The van der Waals surface area contributed by atoms with E-state index in [-0.39, 0.29) is 23.9 Å². The van der Waals surface area contributed by atoms with E-state index in [1.54, 1.807) is 11.3 Å². The normalized spacial score (nSPS) is 20.8. The summed E-state index contributed by atoms with van der Waals surface area (Å²) in [6.45, 7) is 3.54. The van der Waals surface area contributed by atoms with Crippen LogP contribution in [-0.4, -0.2) is 17.9 Å². The van der Waals surface area contributed by atoms with Crippen LogP contribution in [0.3, 0.4) is 0 Å². The molecule has 2 N–H and O–H groups in total. The first-order chi connectivity index (χ1) is 12.7. The number of rotatable bonds is 4. The van der Waals surface area contributed by atoms with E-state index in [2.05, 4.69) is 23.3 Å². The van der Waals surface area contributed by atoms with Crippen molar-refractivity contribution in [2.75, 3.05) is 0 Å². The highest BCUT2D eigenvalue weighted by atomic mass is 32.1. The Bertz CT molecular complexity index is 871. The molecule has 2 amide bonds. The molecule has 0 saturated carbocycles. The highest BCUT2D eigenvalue weighted by Crippen LogP contribution is 2.33. The molecule has 5 heteroatoms. The van der Waals surface area contributed by atoms with Gasteiger partial charge in [0, 0.05) is 10.3 Å². The molecule has 4 rings (SSSR count). The zero-order valence-corrected chi connectivity index (χ0v) is 15.4.